The van der Waals surface area contributed by atoms with Crippen LogP contribution in [0.2, 0.25) is 5.02 Å². The second kappa shape index (κ2) is 5.58. The molecule has 2 N–H and O–H groups in total. The Morgan fingerprint density at radius 3 is 2.45 bits per heavy atom. The van der Waals surface area contributed by atoms with Crippen LogP contribution in [0.25, 0.3) is 0 Å². The van der Waals surface area contributed by atoms with Crippen LogP contribution in [0.15, 0.2) is 42.5 Å². The molecule has 2 aromatic rings. The number of hydrogen-bond acceptors (Lipinski definition) is 4. The fourth-order valence-electron chi connectivity index (χ4n) is 1.59. The van der Waals surface area contributed by atoms with E-state index in [4.69, 9.17) is 16.7 Å². The molecular formula is C13H9ClN2O4. The molecule has 0 heterocycles. The first-order valence-electron chi connectivity index (χ1n) is 5.51. The van der Waals surface area contributed by atoms with Crippen LogP contribution in [0.1, 0.15) is 10.4 Å². The van der Waals surface area contributed by atoms with Gasteiger partial charge in [0.15, 0.2) is 0 Å². The number of halogens is 1. The lowest BCUT2D eigenvalue weighted by molar-refractivity contribution is -0.385. The van der Waals surface area contributed by atoms with Gasteiger partial charge >= 0.3 is 0 Å². The zero-order valence-electron chi connectivity index (χ0n) is 10.0. The van der Waals surface area contributed by atoms with Gasteiger partial charge in [0.05, 0.1) is 4.92 Å². The summed E-state index contributed by atoms with van der Waals surface area (Å²) in [5, 5.41) is 22.7. The summed E-state index contributed by atoms with van der Waals surface area (Å²) in [6.45, 7) is 0. The number of phenols is 1. The van der Waals surface area contributed by atoms with Crippen molar-refractivity contribution in [1.29, 1.82) is 0 Å². The highest BCUT2D eigenvalue weighted by Crippen LogP contribution is 2.24. The number of phenolic OH excluding ortho intramolecular Hbond substituents is 1. The zero-order chi connectivity index (χ0) is 14.7. The topological polar surface area (TPSA) is 92.5 Å². The van der Waals surface area contributed by atoms with E-state index in [1.165, 1.54) is 42.5 Å². The van der Waals surface area contributed by atoms with Gasteiger partial charge < -0.3 is 10.4 Å². The Labute approximate surface area is 118 Å². The molecule has 0 aromatic heterocycles. The van der Waals surface area contributed by atoms with E-state index in [9.17, 15) is 14.9 Å². The van der Waals surface area contributed by atoms with E-state index >= 15 is 0 Å². The standard InChI is InChI=1S/C13H9ClN2O4/c14-8-1-6-12(16(19)20)11(7-8)13(18)15-9-2-4-10(17)5-3-9/h1-7,17H,(H,15,18). The molecule has 7 heteroatoms. The van der Waals surface area contributed by atoms with Gasteiger partial charge in [0, 0.05) is 16.8 Å². The molecule has 2 rings (SSSR count). The van der Waals surface area contributed by atoms with Crippen LogP contribution in [0.5, 0.6) is 5.75 Å². The number of nitro benzene ring substituents is 1. The highest BCUT2D eigenvalue weighted by molar-refractivity contribution is 6.31. The normalized spacial score (nSPS) is 10.1. The van der Waals surface area contributed by atoms with E-state index in [2.05, 4.69) is 5.32 Å². The van der Waals surface area contributed by atoms with Crippen LogP contribution in [0.3, 0.4) is 0 Å². The summed E-state index contributed by atoms with van der Waals surface area (Å²) >= 11 is 5.75. The molecule has 0 saturated carbocycles. The quantitative estimate of drug-likeness (QED) is 0.516. The number of nitrogens with one attached hydrogen (secondary N) is 1. The minimum absolute atomic E-state index is 0.0525. The van der Waals surface area contributed by atoms with Crippen LogP contribution >= 0.6 is 11.6 Å². The predicted molar refractivity (Wildman–Crippen MR) is 74.2 cm³/mol. The first-order valence-corrected chi connectivity index (χ1v) is 5.89. The zero-order valence-corrected chi connectivity index (χ0v) is 10.8. The Bertz CT molecular complexity index is 671. The summed E-state index contributed by atoms with van der Waals surface area (Å²) in [5.74, 6) is -0.596. The third-order valence-corrected chi connectivity index (χ3v) is 2.76. The summed E-state index contributed by atoms with van der Waals surface area (Å²) < 4.78 is 0. The third-order valence-electron chi connectivity index (χ3n) is 2.53. The molecule has 20 heavy (non-hydrogen) atoms. The number of nitrogens with zero attached hydrogens (tertiary/aromatic N) is 1. The van der Waals surface area contributed by atoms with Crippen molar-refractivity contribution in [1.82, 2.24) is 0 Å². The number of rotatable bonds is 3. The van der Waals surface area contributed by atoms with Crippen molar-refractivity contribution in [3.63, 3.8) is 0 Å². The van der Waals surface area contributed by atoms with E-state index in [0.717, 1.165) is 0 Å². The maximum atomic E-state index is 12.0. The molecule has 0 aliphatic carbocycles. The minimum Gasteiger partial charge on any atom is -0.508 e. The first-order chi connectivity index (χ1) is 9.47. The Hall–Kier alpha value is -2.60. The summed E-state index contributed by atoms with van der Waals surface area (Å²) in [6, 6.07) is 9.48. The van der Waals surface area contributed by atoms with Crippen molar-refractivity contribution in [3.8, 4) is 5.75 Å². The summed E-state index contributed by atoms with van der Waals surface area (Å²) in [4.78, 5) is 22.3. The second-order valence-electron chi connectivity index (χ2n) is 3.92. The molecule has 0 atom stereocenters. The average Bonchev–Trinajstić information content (AvgIpc) is 2.41. The number of nitro groups is 1. The van der Waals surface area contributed by atoms with Gasteiger partial charge in [-0.25, -0.2) is 0 Å². The SMILES string of the molecule is O=C(Nc1ccc(O)cc1)c1cc(Cl)ccc1[N+](=O)[O-]. The first kappa shape index (κ1) is 13.8. The van der Waals surface area contributed by atoms with Crippen molar-refractivity contribution in [2.45, 2.75) is 0 Å². The van der Waals surface area contributed by atoms with Crippen LogP contribution < -0.4 is 5.32 Å². The number of amides is 1. The molecular weight excluding hydrogens is 284 g/mol. The van der Waals surface area contributed by atoms with Gasteiger partial charge in [-0.15, -0.1) is 0 Å². The molecule has 2 aromatic carbocycles. The molecule has 0 spiro atoms. The summed E-state index contributed by atoms with van der Waals surface area (Å²) in [7, 11) is 0. The molecule has 0 aliphatic heterocycles. The van der Waals surface area contributed by atoms with Gasteiger partial charge in [-0.1, -0.05) is 11.6 Å². The Kier molecular flexibility index (Phi) is 3.86. The number of carbonyl (C=O) groups excluding carboxylic acids is 1. The van der Waals surface area contributed by atoms with Gasteiger partial charge in [0.2, 0.25) is 0 Å². The van der Waals surface area contributed by atoms with Crippen molar-refractivity contribution in [2.24, 2.45) is 0 Å². The molecule has 6 nitrogen and oxygen atoms in total. The molecule has 0 aliphatic rings. The predicted octanol–water partition coefficient (Wildman–Crippen LogP) is 3.21. The van der Waals surface area contributed by atoms with Crippen LogP contribution in [-0.4, -0.2) is 15.9 Å². The van der Waals surface area contributed by atoms with Gasteiger partial charge in [-0.2, -0.15) is 0 Å². The van der Waals surface area contributed by atoms with Gasteiger partial charge in [0.1, 0.15) is 11.3 Å². The van der Waals surface area contributed by atoms with Crippen LogP contribution in [-0.2, 0) is 0 Å². The number of hydrogen-bond donors (Lipinski definition) is 2. The molecule has 0 radical (unpaired) electrons. The van der Waals surface area contributed by atoms with Crippen molar-refractivity contribution in [3.05, 3.63) is 63.2 Å². The van der Waals surface area contributed by atoms with Crippen LogP contribution in [0.4, 0.5) is 11.4 Å². The van der Waals surface area contributed by atoms with Crippen molar-refractivity contribution >= 4 is 28.9 Å². The van der Waals surface area contributed by atoms with E-state index in [0.29, 0.717) is 5.69 Å². The Morgan fingerprint density at radius 2 is 1.85 bits per heavy atom. The second-order valence-corrected chi connectivity index (χ2v) is 4.36. The van der Waals surface area contributed by atoms with E-state index < -0.39 is 10.8 Å². The van der Waals surface area contributed by atoms with Crippen molar-refractivity contribution < 1.29 is 14.8 Å². The average molecular weight is 293 g/mol. The Balaban J connectivity index is 2.31. The summed E-state index contributed by atoms with van der Waals surface area (Å²) in [5.41, 5.74) is -0.0525. The molecule has 0 saturated heterocycles. The highest BCUT2D eigenvalue weighted by Gasteiger charge is 2.20. The fraction of sp³-hybridized carbons (Fsp3) is 0. The minimum atomic E-state index is -0.651. The van der Waals surface area contributed by atoms with Crippen LogP contribution in [0, 0.1) is 10.1 Å². The third kappa shape index (κ3) is 3.04. The molecule has 1 amide bonds. The number of benzene rings is 2. The van der Waals surface area contributed by atoms with E-state index in [1.54, 1.807) is 0 Å². The van der Waals surface area contributed by atoms with Gasteiger partial charge in [0.25, 0.3) is 11.6 Å². The number of aromatic hydroxyl groups is 1. The molecule has 0 bridgehead atoms. The molecule has 0 unspecified atom stereocenters. The number of anilines is 1. The highest BCUT2D eigenvalue weighted by atomic mass is 35.5. The monoisotopic (exact) mass is 292 g/mol. The Morgan fingerprint density at radius 1 is 1.20 bits per heavy atom. The molecule has 0 fully saturated rings. The maximum absolute atomic E-state index is 12.0. The van der Waals surface area contributed by atoms with E-state index in [-0.39, 0.29) is 22.0 Å². The summed E-state index contributed by atoms with van der Waals surface area (Å²) in [6.07, 6.45) is 0. The number of carbonyl (C=O) groups is 1. The lowest BCUT2D eigenvalue weighted by atomic mass is 10.1. The fourth-order valence-corrected chi connectivity index (χ4v) is 1.76. The lowest BCUT2D eigenvalue weighted by Gasteiger charge is -2.06. The lowest BCUT2D eigenvalue weighted by Crippen LogP contribution is -2.13. The van der Waals surface area contributed by atoms with Crippen molar-refractivity contribution in [2.75, 3.05) is 5.32 Å². The largest absolute Gasteiger partial charge is 0.508 e. The molecule has 102 valence electrons. The van der Waals surface area contributed by atoms with Gasteiger partial charge in [-0.3, -0.25) is 14.9 Å². The van der Waals surface area contributed by atoms with E-state index in [1.807, 2.05) is 0 Å². The van der Waals surface area contributed by atoms with Gasteiger partial charge in [-0.05, 0) is 36.4 Å². The smallest absolute Gasteiger partial charge is 0.282 e. The maximum Gasteiger partial charge on any atom is 0.282 e.